The molecule has 7 rings (SSSR count). The number of benzene rings is 6. The summed E-state index contributed by atoms with van der Waals surface area (Å²) in [6.07, 6.45) is 1.78. The summed E-state index contributed by atoms with van der Waals surface area (Å²) < 4.78 is 1.19. The van der Waals surface area contributed by atoms with E-state index in [0.29, 0.717) is 5.84 Å². The lowest BCUT2D eigenvalue weighted by Crippen LogP contribution is -2.04. The van der Waals surface area contributed by atoms with Crippen molar-refractivity contribution in [1.82, 2.24) is 4.98 Å². The molecule has 0 saturated carbocycles. The standard InChI is InChI=1S/C38H26N4S/c39-36(42-37(29-12-6-2-7-13-29)40-25-26-10-4-1-5-11-26)28-18-16-27(17-19-28)31-20-22-33-32(24-31)21-23-34-35(33)41-38(43-34)30-14-8-3-9-15-30/h1-25,39H. The number of aliphatic imine (C=N–C) groups is 2. The molecular weight excluding hydrogens is 545 g/mol. The van der Waals surface area contributed by atoms with E-state index < -0.39 is 0 Å². The highest BCUT2D eigenvalue weighted by atomic mass is 32.1. The molecule has 6 aromatic carbocycles. The molecule has 7 aromatic rings. The van der Waals surface area contributed by atoms with Crippen LogP contribution in [0, 0.1) is 5.41 Å². The van der Waals surface area contributed by atoms with Gasteiger partial charge in [-0.05, 0) is 34.2 Å². The maximum Gasteiger partial charge on any atom is 0.161 e. The first-order valence-electron chi connectivity index (χ1n) is 14.0. The molecule has 4 nitrogen and oxygen atoms in total. The van der Waals surface area contributed by atoms with E-state index in [4.69, 9.17) is 10.4 Å². The van der Waals surface area contributed by atoms with Crippen molar-refractivity contribution in [3.8, 4) is 21.7 Å². The van der Waals surface area contributed by atoms with E-state index in [0.717, 1.165) is 54.7 Å². The van der Waals surface area contributed by atoms with Gasteiger partial charge >= 0.3 is 0 Å². The average molecular weight is 571 g/mol. The summed E-state index contributed by atoms with van der Waals surface area (Å²) in [5, 5.41) is 12.1. The summed E-state index contributed by atoms with van der Waals surface area (Å²) in [4.78, 5) is 14.3. The number of hydrogen-bond acceptors (Lipinski definition) is 3. The van der Waals surface area contributed by atoms with Crippen LogP contribution in [0.2, 0.25) is 0 Å². The number of fused-ring (bicyclic) bond motifs is 3. The minimum atomic E-state index is 0.161. The lowest BCUT2D eigenvalue weighted by atomic mass is 9.99. The lowest BCUT2D eigenvalue weighted by molar-refractivity contribution is 1.40. The van der Waals surface area contributed by atoms with Gasteiger partial charge < -0.3 is 0 Å². The number of aromatic nitrogens is 1. The van der Waals surface area contributed by atoms with Gasteiger partial charge in [-0.3, -0.25) is 5.41 Å². The Morgan fingerprint density at radius 1 is 0.628 bits per heavy atom. The Morgan fingerprint density at radius 3 is 2.05 bits per heavy atom. The van der Waals surface area contributed by atoms with Crippen LogP contribution in [-0.2, 0) is 0 Å². The topological polar surface area (TPSA) is 61.5 Å². The second-order valence-corrected chi connectivity index (χ2v) is 11.2. The zero-order valence-corrected chi connectivity index (χ0v) is 24.0. The van der Waals surface area contributed by atoms with Crippen LogP contribution >= 0.6 is 11.3 Å². The van der Waals surface area contributed by atoms with Crippen molar-refractivity contribution in [1.29, 1.82) is 5.41 Å². The van der Waals surface area contributed by atoms with E-state index in [2.05, 4.69) is 52.4 Å². The average Bonchev–Trinajstić information content (AvgIpc) is 3.53. The smallest absolute Gasteiger partial charge is 0.161 e. The molecule has 1 aromatic heterocycles. The van der Waals surface area contributed by atoms with E-state index in [1.165, 1.54) is 4.70 Å². The molecule has 204 valence electrons. The summed E-state index contributed by atoms with van der Waals surface area (Å²) in [6, 6.07) is 48.9. The van der Waals surface area contributed by atoms with Crippen LogP contribution in [-0.4, -0.2) is 22.9 Å². The molecule has 0 spiro atoms. The molecular formula is C38H26N4S. The van der Waals surface area contributed by atoms with Crippen molar-refractivity contribution >= 4 is 50.2 Å². The molecule has 0 amide bonds. The number of rotatable bonds is 5. The van der Waals surface area contributed by atoms with Crippen LogP contribution in [0.4, 0.5) is 0 Å². The van der Waals surface area contributed by atoms with Crippen LogP contribution in [0.15, 0.2) is 156 Å². The minimum Gasteiger partial charge on any atom is -0.282 e. The predicted octanol–water partition coefficient (Wildman–Crippen LogP) is 9.67. The van der Waals surface area contributed by atoms with Crippen molar-refractivity contribution < 1.29 is 0 Å². The summed E-state index contributed by atoms with van der Waals surface area (Å²) >= 11 is 1.72. The molecule has 0 bridgehead atoms. The van der Waals surface area contributed by atoms with Crippen molar-refractivity contribution in [2.45, 2.75) is 0 Å². The fraction of sp³-hybridized carbons (Fsp3) is 0. The molecule has 1 heterocycles. The van der Waals surface area contributed by atoms with Crippen LogP contribution < -0.4 is 0 Å². The van der Waals surface area contributed by atoms with Gasteiger partial charge in [0.1, 0.15) is 5.01 Å². The van der Waals surface area contributed by atoms with Crippen LogP contribution in [0.25, 0.3) is 42.7 Å². The fourth-order valence-electron chi connectivity index (χ4n) is 5.02. The Labute approximate surface area is 253 Å². The highest BCUT2D eigenvalue weighted by molar-refractivity contribution is 7.21. The maximum absolute atomic E-state index is 8.75. The third kappa shape index (κ3) is 5.67. The molecule has 0 fully saturated rings. The summed E-state index contributed by atoms with van der Waals surface area (Å²) in [6.45, 7) is 0. The van der Waals surface area contributed by atoms with E-state index >= 15 is 0 Å². The van der Waals surface area contributed by atoms with Gasteiger partial charge in [0.2, 0.25) is 0 Å². The van der Waals surface area contributed by atoms with E-state index in [1.54, 1.807) is 17.6 Å². The summed E-state index contributed by atoms with van der Waals surface area (Å²) in [5.74, 6) is 0.658. The number of amidine groups is 2. The van der Waals surface area contributed by atoms with Gasteiger partial charge in [0.05, 0.1) is 10.2 Å². The van der Waals surface area contributed by atoms with Gasteiger partial charge in [-0.15, -0.1) is 11.3 Å². The van der Waals surface area contributed by atoms with Crippen LogP contribution in [0.1, 0.15) is 16.7 Å². The normalized spacial score (nSPS) is 11.9. The quantitative estimate of drug-likeness (QED) is 0.163. The summed E-state index contributed by atoms with van der Waals surface area (Å²) in [7, 11) is 0. The van der Waals surface area contributed by atoms with Gasteiger partial charge in [0.25, 0.3) is 0 Å². The Morgan fingerprint density at radius 2 is 1.30 bits per heavy atom. The number of nitrogens with one attached hydrogen (secondary N) is 1. The number of hydrogen-bond donors (Lipinski definition) is 1. The zero-order chi connectivity index (χ0) is 29.0. The summed E-state index contributed by atoms with van der Waals surface area (Å²) in [5.41, 5.74) is 6.94. The molecule has 0 aliphatic carbocycles. The number of nitrogens with zero attached hydrogens (tertiary/aromatic N) is 3. The molecule has 5 heteroatoms. The second-order valence-electron chi connectivity index (χ2n) is 10.1. The first kappa shape index (κ1) is 26.4. The molecule has 0 unspecified atom stereocenters. The lowest BCUT2D eigenvalue weighted by Gasteiger charge is -2.07. The van der Waals surface area contributed by atoms with Crippen LogP contribution in [0.3, 0.4) is 0 Å². The first-order chi connectivity index (χ1) is 21.2. The van der Waals surface area contributed by atoms with Crippen molar-refractivity contribution in [3.63, 3.8) is 0 Å². The minimum absolute atomic E-state index is 0.161. The van der Waals surface area contributed by atoms with Gasteiger partial charge in [0.15, 0.2) is 11.7 Å². The van der Waals surface area contributed by atoms with E-state index in [-0.39, 0.29) is 5.84 Å². The largest absolute Gasteiger partial charge is 0.282 e. The highest BCUT2D eigenvalue weighted by Gasteiger charge is 2.11. The first-order valence-corrected chi connectivity index (χ1v) is 14.8. The molecule has 0 aliphatic heterocycles. The Balaban J connectivity index is 1.16. The fourth-order valence-corrected chi connectivity index (χ4v) is 6.01. The monoisotopic (exact) mass is 570 g/mol. The Bertz CT molecular complexity index is 2110. The maximum atomic E-state index is 8.75. The molecule has 0 aliphatic rings. The van der Waals surface area contributed by atoms with E-state index in [9.17, 15) is 0 Å². The molecule has 0 atom stereocenters. The molecule has 43 heavy (non-hydrogen) atoms. The zero-order valence-electron chi connectivity index (χ0n) is 23.2. The molecule has 0 radical (unpaired) electrons. The molecule has 0 saturated heterocycles. The van der Waals surface area contributed by atoms with Crippen molar-refractivity contribution in [3.05, 3.63) is 162 Å². The van der Waals surface area contributed by atoms with Gasteiger partial charge in [-0.2, -0.15) is 0 Å². The SMILES string of the molecule is N=C(N=C(N=Cc1ccccc1)c1ccccc1)c1ccc(-c2ccc3c(ccc4sc(-c5ccccc5)nc43)c2)cc1. The third-order valence-corrected chi connectivity index (χ3v) is 8.34. The van der Waals surface area contributed by atoms with Crippen LogP contribution in [0.5, 0.6) is 0 Å². The Hall–Kier alpha value is -5.52. The van der Waals surface area contributed by atoms with Gasteiger partial charge in [-0.1, -0.05) is 133 Å². The van der Waals surface area contributed by atoms with E-state index in [1.807, 2.05) is 103 Å². The van der Waals surface area contributed by atoms with Crippen molar-refractivity contribution in [2.24, 2.45) is 9.98 Å². The Kier molecular flexibility index (Phi) is 7.22. The number of thiazole rings is 1. The third-order valence-electron chi connectivity index (χ3n) is 7.27. The highest BCUT2D eigenvalue weighted by Crippen LogP contribution is 2.35. The second kappa shape index (κ2) is 11.8. The van der Waals surface area contributed by atoms with Gasteiger partial charge in [-0.25, -0.2) is 15.0 Å². The van der Waals surface area contributed by atoms with Crippen molar-refractivity contribution in [2.75, 3.05) is 0 Å². The van der Waals surface area contributed by atoms with Gasteiger partial charge in [0, 0.05) is 28.3 Å². The molecule has 1 N–H and O–H groups in total. The predicted molar refractivity (Wildman–Crippen MR) is 182 cm³/mol.